The van der Waals surface area contributed by atoms with Gasteiger partial charge in [0.2, 0.25) is 5.92 Å². The number of hydrogen-bond donors (Lipinski definition) is 0. The van der Waals surface area contributed by atoms with E-state index < -0.39 is 11.8 Å². The van der Waals surface area contributed by atoms with Crippen LogP contribution in [0, 0.1) is 5.92 Å². The molecule has 0 heterocycles. The molecule has 2 heteroatoms. The van der Waals surface area contributed by atoms with Gasteiger partial charge in [0.25, 0.3) is 0 Å². The van der Waals surface area contributed by atoms with Crippen LogP contribution in [0.15, 0.2) is 12.2 Å². The Bertz CT molecular complexity index is 145. The van der Waals surface area contributed by atoms with Gasteiger partial charge in [-0.25, -0.2) is 8.78 Å². The zero-order chi connectivity index (χ0) is 8.48. The van der Waals surface area contributed by atoms with Crippen molar-refractivity contribution in [1.29, 1.82) is 0 Å². The third-order valence-corrected chi connectivity index (χ3v) is 2.41. The molecule has 0 atom stereocenters. The molecular formula is C9H14F2. The minimum atomic E-state index is -2.49. The Morgan fingerprint density at radius 3 is 2.18 bits per heavy atom. The van der Waals surface area contributed by atoms with Crippen molar-refractivity contribution in [3.8, 4) is 0 Å². The van der Waals surface area contributed by atoms with E-state index in [2.05, 4.69) is 6.58 Å². The normalized spacial score (nSPS) is 22.3. The van der Waals surface area contributed by atoms with E-state index in [4.69, 9.17) is 0 Å². The lowest BCUT2D eigenvalue weighted by molar-refractivity contribution is -0.0491. The third kappa shape index (κ3) is 2.28. The molecule has 0 aromatic heterocycles. The minimum Gasteiger partial charge on any atom is -0.207 e. The van der Waals surface area contributed by atoms with Crippen LogP contribution in [0.4, 0.5) is 8.78 Å². The molecule has 1 aliphatic rings. The molecule has 0 N–H and O–H groups in total. The summed E-state index contributed by atoms with van der Waals surface area (Å²) in [6, 6.07) is 0. The topological polar surface area (TPSA) is 0 Å². The lowest BCUT2D eigenvalue weighted by Crippen LogP contribution is -2.26. The highest BCUT2D eigenvalue weighted by Gasteiger charge is 2.34. The van der Waals surface area contributed by atoms with Crippen LogP contribution >= 0.6 is 0 Å². The molecule has 1 aliphatic carbocycles. The van der Waals surface area contributed by atoms with E-state index >= 15 is 0 Å². The predicted molar refractivity (Wildman–Crippen MR) is 41.7 cm³/mol. The second kappa shape index (κ2) is 2.92. The van der Waals surface area contributed by atoms with Crippen LogP contribution < -0.4 is 0 Å². The van der Waals surface area contributed by atoms with E-state index in [1.165, 1.54) is 0 Å². The van der Waals surface area contributed by atoms with E-state index in [1.807, 2.05) is 0 Å². The summed E-state index contributed by atoms with van der Waals surface area (Å²) in [7, 11) is 0. The first-order valence-corrected chi connectivity index (χ1v) is 4.04. The van der Waals surface area contributed by atoms with Crippen molar-refractivity contribution >= 4 is 0 Å². The molecule has 0 amide bonds. The molecule has 0 aromatic rings. The van der Waals surface area contributed by atoms with E-state index in [-0.39, 0.29) is 0 Å². The zero-order valence-corrected chi connectivity index (χ0v) is 6.87. The van der Waals surface area contributed by atoms with Crippen LogP contribution in [0.25, 0.3) is 0 Å². The van der Waals surface area contributed by atoms with Gasteiger partial charge < -0.3 is 0 Å². The SMILES string of the molecule is C=C1CCC(C(C)(F)F)CC1. The number of hydrogen-bond acceptors (Lipinski definition) is 0. The van der Waals surface area contributed by atoms with E-state index in [0.717, 1.165) is 25.3 Å². The Hall–Kier alpha value is -0.400. The summed E-state index contributed by atoms with van der Waals surface area (Å²) in [4.78, 5) is 0. The zero-order valence-electron chi connectivity index (χ0n) is 6.87. The van der Waals surface area contributed by atoms with Gasteiger partial charge in [0, 0.05) is 5.92 Å². The maximum absolute atomic E-state index is 12.7. The van der Waals surface area contributed by atoms with Gasteiger partial charge in [-0.1, -0.05) is 12.2 Å². The quantitative estimate of drug-likeness (QED) is 0.516. The summed E-state index contributed by atoms with van der Waals surface area (Å²) in [5.41, 5.74) is 1.13. The molecule has 0 aromatic carbocycles. The number of allylic oxidation sites excluding steroid dienone is 1. The smallest absolute Gasteiger partial charge is 0.207 e. The van der Waals surface area contributed by atoms with Crippen molar-refractivity contribution in [1.82, 2.24) is 0 Å². The van der Waals surface area contributed by atoms with Gasteiger partial charge in [0.1, 0.15) is 0 Å². The van der Waals surface area contributed by atoms with Gasteiger partial charge in [0.05, 0.1) is 0 Å². The summed E-state index contributed by atoms with van der Waals surface area (Å²) in [6.07, 6.45) is 2.80. The molecule has 11 heavy (non-hydrogen) atoms. The highest BCUT2D eigenvalue weighted by molar-refractivity contribution is 4.99. The fraction of sp³-hybridized carbons (Fsp3) is 0.778. The lowest BCUT2D eigenvalue weighted by Gasteiger charge is -2.28. The van der Waals surface area contributed by atoms with Crippen LogP contribution in [0.2, 0.25) is 0 Å². The van der Waals surface area contributed by atoms with Crippen LogP contribution in [-0.4, -0.2) is 5.92 Å². The predicted octanol–water partition coefficient (Wildman–Crippen LogP) is 3.39. The summed E-state index contributed by atoms with van der Waals surface area (Å²) in [5.74, 6) is -2.89. The molecule has 1 rings (SSSR count). The Balaban J connectivity index is 2.45. The lowest BCUT2D eigenvalue weighted by atomic mass is 9.83. The fourth-order valence-corrected chi connectivity index (χ4v) is 1.53. The highest BCUT2D eigenvalue weighted by atomic mass is 19.3. The first-order chi connectivity index (χ1) is 5.00. The molecule has 0 radical (unpaired) electrons. The molecule has 0 aliphatic heterocycles. The fourth-order valence-electron chi connectivity index (χ4n) is 1.53. The maximum Gasteiger partial charge on any atom is 0.248 e. The van der Waals surface area contributed by atoms with Gasteiger partial charge >= 0.3 is 0 Å². The van der Waals surface area contributed by atoms with Gasteiger partial charge in [-0.05, 0) is 32.6 Å². The molecular weight excluding hydrogens is 146 g/mol. The second-order valence-electron chi connectivity index (χ2n) is 3.48. The molecule has 0 nitrogen and oxygen atoms in total. The second-order valence-corrected chi connectivity index (χ2v) is 3.48. The van der Waals surface area contributed by atoms with Gasteiger partial charge in [-0.3, -0.25) is 0 Å². The Morgan fingerprint density at radius 2 is 1.82 bits per heavy atom. The third-order valence-electron chi connectivity index (χ3n) is 2.41. The number of halogens is 2. The summed E-state index contributed by atoms with van der Waals surface area (Å²) >= 11 is 0. The standard InChI is InChI=1S/C9H14F2/c1-7-3-5-8(6-4-7)9(2,10)11/h8H,1,3-6H2,2H3. The minimum absolute atomic E-state index is 0.409. The molecule has 0 saturated heterocycles. The molecule has 64 valence electrons. The van der Waals surface area contributed by atoms with E-state index in [0.29, 0.717) is 12.8 Å². The van der Waals surface area contributed by atoms with E-state index in [1.54, 1.807) is 0 Å². The van der Waals surface area contributed by atoms with E-state index in [9.17, 15) is 8.78 Å². The van der Waals surface area contributed by atoms with Crippen molar-refractivity contribution < 1.29 is 8.78 Å². The molecule has 1 saturated carbocycles. The number of alkyl halides is 2. The monoisotopic (exact) mass is 160 g/mol. The first kappa shape index (κ1) is 8.69. The highest BCUT2D eigenvalue weighted by Crippen LogP contribution is 2.37. The van der Waals surface area contributed by atoms with Gasteiger partial charge in [0.15, 0.2) is 0 Å². The van der Waals surface area contributed by atoms with Crippen LogP contribution in [0.5, 0.6) is 0 Å². The molecule has 0 bridgehead atoms. The van der Waals surface area contributed by atoms with Crippen LogP contribution in [0.3, 0.4) is 0 Å². The summed E-state index contributed by atoms with van der Waals surface area (Å²) in [5, 5.41) is 0. The van der Waals surface area contributed by atoms with Crippen molar-refractivity contribution in [3.63, 3.8) is 0 Å². The van der Waals surface area contributed by atoms with Crippen LogP contribution in [-0.2, 0) is 0 Å². The summed E-state index contributed by atoms with van der Waals surface area (Å²) in [6.45, 7) is 4.81. The van der Waals surface area contributed by atoms with Crippen LogP contribution in [0.1, 0.15) is 32.6 Å². The van der Waals surface area contributed by atoms with Crippen molar-refractivity contribution in [2.45, 2.75) is 38.5 Å². The van der Waals surface area contributed by atoms with Gasteiger partial charge in [-0.15, -0.1) is 0 Å². The Kier molecular flexibility index (Phi) is 2.31. The van der Waals surface area contributed by atoms with Crippen molar-refractivity contribution in [2.75, 3.05) is 0 Å². The average molecular weight is 160 g/mol. The van der Waals surface area contributed by atoms with Crippen molar-refractivity contribution in [2.24, 2.45) is 5.92 Å². The number of rotatable bonds is 1. The maximum atomic E-state index is 12.7. The Labute approximate surface area is 66.3 Å². The average Bonchev–Trinajstić information content (AvgIpc) is 1.86. The summed E-state index contributed by atoms with van der Waals surface area (Å²) < 4.78 is 25.4. The molecule has 0 unspecified atom stereocenters. The van der Waals surface area contributed by atoms with Crippen molar-refractivity contribution in [3.05, 3.63) is 12.2 Å². The largest absolute Gasteiger partial charge is 0.248 e. The first-order valence-electron chi connectivity index (χ1n) is 4.04. The van der Waals surface area contributed by atoms with Gasteiger partial charge in [-0.2, -0.15) is 0 Å². The molecule has 1 fully saturated rings. The molecule has 0 spiro atoms. The Morgan fingerprint density at radius 1 is 1.36 bits per heavy atom.